The highest BCUT2D eigenvalue weighted by Gasteiger charge is 2.14. The van der Waals surface area contributed by atoms with E-state index in [1.165, 1.54) is 70.6 Å². The van der Waals surface area contributed by atoms with E-state index in [-0.39, 0.29) is 12.1 Å². The zero-order valence-corrected chi connectivity index (χ0v) is 24.4. The fourth-order valence-corrected chi connectivity index (χ4v) is 4.42. The molecular formula is C32H61NO3. The summed E-state index contributed by atoms with van der Waals surface area (Å²) in [5.41, 5.74) is 0. The average molecular weight is 508 g/mol. The number of hydrogen-bond donors (Lipinski definition) is 1. The molecule has 0 bridgehead atoms. The maximum absolute atomic E-state index is 12.3. The van der Waals surface area contributed by atoms with Crippen molar-refractivity contribution >= 4 is 5.97 Å². The summed E-state index contributed by atoms with van der Waals surface area (Å²) < 4.78 is 5.87. The number of aliphatic hydroxyl groups is 1. The van der Waals surface area contributed by atoms with Crippen molar-refractivity contribution < 1.29 is 14.6 Å². The van der Waals surface area contributed by atoms with Crippen LogP contribution in [0.25, 0.3) is 0 Å². The molecule has 0 fully saturated rings. The van der Waals surface area contributed by atoms with Gasteiger partial charge < -0.3 is 14.7 Å². The van der Waals surface area contributed by atoms with Crippen LogP contribution in [0, 0.1) is 0 Å². The van der Waals surface area contributed by atoms with Gasteiger partial charge in [0.2, 0.25) is 0 Å². The molecule has 0 rings (SSSR count). The molecule has 0 aliphatic carbocycles. The van der Waals surface area contributed by atoms with Crippen molar-refractivity contribution in [2.24, 2.45) is 0 Å². The quantitative estimate of drug-likeness (QED) is 0.0685. The molecule has 0 heterocycles. The fourth-order valence-electron chi connectivity index (χ4n) is 4.42. The van der Waals surface area contributed by atoms with E-state index >= 15 is 0 Å². The molecule has 36 heavy (non-hydrogen) atoms. The van der Waals surface area contributed by atoms with E-state index in [0.29, 0.717) is 13.0 Å². The Balaban J connectivity index is 3.91. The van der Waals surface area contributed by atoms with Crippen LogP contribution in [0.5, 0.6) is 0 Å². The average Bonchev–Trinajstić information content (AvgIpc) is 2.85. The van der Waals surface area contributed by atoms with Gasteiger partial charge in [-0.3, -0.25) is 4.79 Å². The zero-order chi connectivity index (χ0) is 26.5. The van der Waals surface area contributed by atoms with Gasteiger partial charge in [-0.25, -0.2) is 0 Å². The summed E-state index contributed by atoms with van der Waals surface area (Å²) in [4.78, 5) is 14.4. The summed E-state index contributed by atoms with van der Waals surface area (Å²) in [6, 6.07) is 0. The Morgan fingerprint density at radius 2 is 1.25 bits per heavy atom. The molecule has 0 aromatic heterocycles. The van der Waals surface area contributed by atoms with Gasteiger partial charge >= 0.3 is 5.97 Å². The minimum Gasteiger partial charge on any atom is -0.462 e. The number of nitrogens with zero attached hydrogens (tertiary/aromatic N) is 1. The molecule has 0 radical (unpaired) electrons. The molecule has 0 aromatic rings. The second-order valence-corrected chi connectivity index (χ2v) is 10.7. The third-order valence-corrected chi connectivity index (χ3v) is 6.70. The largest absolute Gasteiger partial charge is 0.462 e. The Labute approximate surface area is 225 Å². The van der Waals surface area contributed by atoms with Gasteiger partial charge in [-0.15, -0.1) is 0 Å². The summed E-state index contributed by atoms with van der Waals surface area (Å²) in [6.07, 6.45) is 33.3. The predicted molar refractivity (Wildman–Crippen MR) is 156 cm³/mol. The highest BCUT2D eigenvalue weighted by Crippen LogP contribution is 2.18. The lowest BCUT2D eigenvalue weighted by molar-refractivity contribution is -0.150. The minimum atomic E-state index is -0.0258. The number of hydrogen-bond acceptors (Lipinski definition) is 4. The molecule has 0 aliphatic heterocycles. The molecule has 0 aromatic carbocycles. The minimum absolute atomic E-state index is 0.0258. The maximum atomic E-state index is 12.3. The van der Waals surface area contributed by atoms with Gasteiger partial charge in [0.05, 0.1) is 0 Å². The topological polar surface area (TPSA) is 49.8 Å². The number of ether oxygens (including phenoxy) is 1. The second-order valence-electron chi connectivity index (χ2n) is 10.7. The summed E-state index contributed by atoms with van der Waals surface area (Å²) in [7, 11) is 4.08. The van der Waals surface area contributed by atoms with Crippen molar-refractivity contribution in [1.82, 2.24) is 4.90 Å². The van der Waals surface area contributed by atoms with Crippen molar-refractivity contribution in [2.75, 3.05) is 27.2 Å². The normalized spacial score (nSPS) is 12.8. The third kappa shape index (κ3) is 27.5. The molecule has 0 amide bonds. The SMILES string of the molecule is CCCCC/C=C\C/C=C\CCCCCCCCC(CCCCCCCO)OC(=O)CCCN(C)C. The number of esters is 1. The molecule has 1 unspecified atom stereocenters. The maximum Gasteiger partial charge on any atom is 0.306 e. The van der Waals surface area contributed by atoms with Gasteiger partial charge in [0, 0.05) is 13.0 Å². The van der Waals surface area contributed by atoms with Gasteiger partial charge in [0.25, 0.3) is 0 Å². The van der Waals surface area contributed by atoms with Crippen LogP contribution >= 0.6 is 0 Å². The molecule has 4 nitrogen and oxygen atoms in total. The highest BCUT2D eigenvalue weighted by atomic mass is 16.5. The van der Waals surface area contributed by atoms with Crippen LogP contribution in [0.4, 0.5) is 0 Å². The lowest BCUT2D eigenvalue weighted by Gasteiger charge is -2.18. The summed E-state index contributed by atoms with van der Waals surface area (Å²) >= 11 is 0. The van der Waals surface area contributed by atoms with Crippen LogP contribution in [-0.2, 0) is 9.53 Å². The Kier molecular flexibility index (Phi) is 27.5. The highest BCUT2D eigenvalue weighted by molar-refractivity contribution is 5.69. The molecule has 212 valence electrons. The van der Waals surface area contributed by atoms with Gasteiger partial charge in [0.1, 0.15) is 6.10 Å². The summed E-state index contributed by atoms with van der Waals surface area (Å²) in [5.74, 6) is -0.0258. The van der Waals surface area contributed by atoms with E-state index in [4.69, 9.17) is 9.84 Å². The van der Waals surface area contributed by atoms with E-state index in [9.17, 15) is 4.79 Å². The van der Waals surface area contributed by atoms with E-state index in [1.807, 2.05) is 14.1 Å². The van der Waals surface area contributed by atoms with Gasteiger partial charge in [-0.05, 0) is 91.3 Å². The smallest absolute Gasteiger partial charge is 0.306 e. The first-order chi connectivity index (χ1) is 17.6. The number of carbonyl (C=O) groups excluding carboxylic acids is 1. The lowest BCUT2D eigenvalue weighted by atomic mass is 10.0. The first-order valence-electron chi connectivity index (χ1n) is 15.3. The number of unbranched alkanes of at least 4 members (excludes halogenated alkanes) is 13. The van der Waals surface area contributed by atoms with Gasteiger partial charge in [0.15, 0.2) is 0 Å². The predicted octanol–water partition coefficient (Wildman–Crippen LogP) is 8.78. The van der Waals surface area contributed by atoms with Crippen LogP contribution in [-0.4, -0.2) is 49.3 Å². The zero-order valence-electron chi connectivity index (χ0n) is 24.4. The molecule has 1 atom stereocenters. The fraction of sp³-hybridized carbons (Fsp3) is 0.844. The van der Waals surface area contributed by atoms with Crippen LogP contribution in [0.1, 0.15) is 142 Å². The van der Waals surface area contributed by atoms with E-state index in [0.717, 1.165) is 64.3 Å². The van der Waals surface area contributed by atoms with Crippen molar-refractivity contribution in [3.05, 3.63) is 24.3 Å². The van der Waals surface area contributed by atoms with Gasteiger partial charge in [-0.1, -0.05) is 89.0 Å². The van der Waals surface area contributed by atoms with E-state index in [1.54, 1.807) is 0 Å². The second kappa shape index (κ2) is 28.4. The van der Waals surface area contributed by atoms with Crippen LogP contribution in [0.3, 0.4) is 0 Å². The molecular weight excluding hydrogens is 446 g/mol. The molecule has 0 spiro atoms. The summed E-state index contributed by atoms with van der Waals surface area (Å²) in [6.45, 7) is 3.47. The Hall–Kier alpha value is -1.13. The molecule has 4 heteroatoms. The number of aliphatic hydroxyl groups excluding tert-OH is 1. The molecule has 0 saturated carbocycles. The Morgan fingerprint density at radius 1 is 0.722 bits per heavy atom. The monoisotopic (exact) mass is 507 g/mol. The Bertz CT molecular complexity index is 516. The van der Waals surface area contributed by atoms with Crippen molar-refractivity contribution in [3.63, 3.8) is 0 Å². The lowest BCUT2D eigenvalue weighted by Crippen LogP contribution is -2.20. The number of rotatable bonds is 27. The first-order valence-corrected chi connectivity index (χ1v) is 15.3. The van der Waals surface area contributed by atoms with Crippen molar-refractivity contribution in [1.29, 1.82) is 0 Å². The Morgan fingerprint density at radius 3 is 1.81 bits per heavy atom. The third-order valence-electron chi connectivity index (χ3n) is 6.70. The first kappa shape index (κ1) is 34.9. The standard InChI is InChI=1S/C32H61NO3/c1-4-5-6-7-8-9-10-11-12-13-14-15-16-17-19-22-26-31(27-23-20-18-21-24-30-34)36-32(35)28-25-29-33(2)3/h8-9,11-12,31,34H,4-7,10,13-30H2,1-3H3/b9-8-,12-11-. The van der Waals surface area contributed by atoms with Crippen LogP contribution in [0.2, 0.25) is 0 Å². The van der Waals surface area contributed by atoms with Crippen molar-refractivity contribution in [2.45, 2.75) is 148 Å². The van der Waals surface area contributed by atoms with Crippen molar-refractivity contribution in [3.8, 4) is 0 Å². The van der Waals surface area contributed by atoms with Crippen LogP contribution < -0.4 is 0 Å². The summed E-state index contributed by atoms with van der Waals surface area (Å²) in [5, 5.41) is 8.92. The van der Waals surface area contributed by atoms with Gasteiger partial charge in [-0.2, -0.15) is 0 Å². The van der Waals surface area contributed by atoms with Crippen LogP contribution in [0.15, 0.2) is 24.3 Å². The number of carbonyl (C=O) groups is 1. The van der Waals surface area contributed by atoms with E-state index < -0.39 is 0 Å². The molecule has 1 N–H and O–H groups in total. The molecule has 0 aliphatic rings. The molecule has 0 saturated heterocycles. The number of allylic oxidation sites excluding steroid dienone is 4. The van der Waals surface area contributed by atoms with E-state index in [2.05, 4.69) is 36.1 Å².